The lowest BCUT2D eigenvalue weighted by Gasteiger charge is -2.40. The van der Waals surface area contributed by atoms with Crippen molar-refractivity contribution >= 4 is 16.8 Å². The van der Waals surface area contributed by atoms with E-state index in [1.165, 1.54) is 0 Å². The lowest BCUT2D eigenvalue weighted by molar-refractivity contribution is 0.0511. The highest BCUT2D eigenvalue weighted by molar-refractivity contribution is 5.97. The van der Waals surface area contributed by atoms with Crippen molar-refractivity contribution < 1.29 is 9.90 Å². The molecule has 0 spiro atoms. The molecule has 2 fully saturated rings. The minimum atomic E-state index is -0.383. The number of pyridine rings is 1. The van der Waals surface area contributed by atoms with Crippen molar-refractivity contribution in [2.45, 2.75) is 69.8 Å². The maximum atomic E-state index is 13.1. The minimum absolute atomic E-state index is 0.0340. The number of piperidine rings is 1. The molecule has 31 heavy (non-hydrogen) atoms. The lowest BCUT2D eigenvalue weighted by Crippen LogP contribution is -2.53. The van der Waals surface area contributed by atoms with Gasteiger partial charge in [-0.05, 0) is 64.1 Å². The Morgan fingerprint density at radius 1 is 1.19 bits per heavy atom. The Kier molecular flexibility index (Phi) is 6.46. The number of fused-ring (bicyclic) bond motifs is 3. The van der Waals surface area contributed by atoms with Gasteiger partial charge in [0.05, 0.1) is 11.6 Å². The second kappa shape index (κ2) is 9.10. The van der Waals surface area contributed by atoms with Gasteiger partial charge in [-0.2, -0.15) is 0 Å². The number of hydrogen-bond donors (Lipinski definition) is 3. The molecule has 4 rings (SSSR count). The molecular weight excluding hydrogens is 392 g/mol. The maximum Gasteiger partial charge on any atom is 0.264 e. The molecule has 2 bridgehead atoms. The van der Waals surface area contributed by atoms with Gasteiger partial charge in [0.2, 0.25) is 0 Å². The molecule has 1 aromatic heterocycles. The molecule has 0 radical (unpaired) electrons. The van der Waals surface area contributed by atoms with Crippen molar-refractivity contribution in [2.75, 3.05) is 20.1 Å². The van der Waals surface area contributed by atoms with Crippen LogP contribution >= 0.6 is 0 Å². The fraction of sp³-hybridized carbons (Fsp3) is 0.583. The fourth-order valence-corrected chi connectivity index (χ4v) is 5.46. The van der Waals surface area contributed by atoms with E-state index >= 15 is 0 Å². The van der Waals surface area contributed by atoms with E-state index in [0.29, 0.717) is 25.2 Å². The summed E-state index contributed by atoms with van der Waals surface area (Å²) in [4.78, 5) is 28.7. The maximum absolute atomic E-state index is 13.1. The van der Waals surface area contributed by atoms with Gasteiger partial charge < -0.3 is 20.3 Å². The molecular formula is C24H34N4O3. The molecule has 2 aromatic rings. The number of benzene rings is 1. The van der Waals surface area contributed by atoms with Crippen LogP contribution < -0.4 is 16.2 Å². The van der Waals surface area contributed by atoms with E-state index in [0.717, 1.165) is 36.6 Å². The Bertz CT molecular complexity index is 988. The van der Waals surface area contributed by atoms with Crippen LogP contribution in [0.15, 0.2) is 35.1 Å². The van der Waals surface area contributed by atoms with Crippen LogP contribution in [-0.4, -0.2) is 64.8 Å². The minimum Gasteiger partial charge on any atom is -0.390 e. The van der Waals surface area contributed by atoms with Crippen LogP contribution in [0.5, 0.6) is 0 Å². The third-order valence-corrected chi connectivity index (χ3v) is 6.79. The largest absolute Gasteiger partial charge is 0.390 e. The first-order chi connectivity index (χ1) is 14.9. The average Bonchev–Trinajstić information content (AvgIpc) is 2.95. The van der Waals surface area contributed by atoms with Gasteiger partial charge in [0.15, 0.2) is 0 Å². The number of amides is 1. The van der Waals surface area contributed by atoms with E-state index in [1.807, 2.05) is 45.2 Å². The summed E-state index contributed by atoms with van der Waals surface area (Å²) < 4.78 is 1.71. The molecule has 3 heterocycles. The van der Waals surface area contributed by atoms with Crippen molar-refractivity contribution in [3.63, 3.8) is 0 Å². The highest BCUT2D eigenvalue weighted by Crippen LogP contribution is 2.35. The van der Waals surface area contributed by atoms with Crippen molar-refractivity contribution in [3.8, 4) is 0 Å². The van der Waals surface area contributed by atoms with Crippen LogP contribution in [0, 0.1) is 0 Å². The number of aromatic nitrogens is 1. The quantitative estimate of drug-likeness (QED) is 0.630. The van der Waals surface area contributed by atoms with Gasteiger partial charge in [0.25, 0.3) is 11.5 Å². The van der Waals surface area contributed by atoms with Gasteiger partial charge in [-0.25, -0.2) is 0 Å². The van der Waals surface area contributed by atoms with Gasteiger partial charge in [-0.1, -0.05) is 18.2 Å². The Hall–Kier alpha value is -2.22. The van der Waals surface area contributed by atoms with Gasteiger partial charge in [-0.3, -0.25) is 14.5 Å². The van der Waals surface area contributed by atoms with E-state index in [4.69, 9.17) is 0 Å². The summed E-state index contributed by atoms with van der Waals surface area (Å²) in [6.07, 6.45) is 3.53. The average molecular weight is 427 g/mol. The van der Waals surface area contributed by atoms with Crippen molar-refractivity contribution in [1.29, 1.82) is 0 Å². The van der Waals surface area contributed by atoms with Crippen LogP contribution in [0.2, 0.25) is 0 Å². The molecule has 1 unspecified atom stereocenters. The van der Waals surface area contributed by atoms with E-state index < -0.39 is 0 Å². The standard InChI is InChI=1S/C24H34N4O3/c1-15(2)28-22-7-5-4-6-16(22)10-21(24(28)31)23(30)26-17-11-18-8-9-19(12-17)27(18)14-20(29)13-25-3/h4-7,10,15,17-20,25,29H,8-9,11-14H2,1-3H3,(H,26,30)/t17?,18-,19+,20-/m0/s1. The Morgan fingerprint density at radius 3 is 2.52 bits per heavy atom. The fourth-order valence-electron chi connectivity index (χ4n) is 5.46. The Morgan fingerprint density at radius 2 is 1.87 bits per heavy atom. The first-order valence-corrected chi connectivity index (χ1v) is 11.4. The first-order valence-electron chi connectivity index (χ1n) is 11.4. The summed E-state index contributed by atoms with van der Waals surface area (Å²) in [6, 6.07) is 10.2. The number of nitrogens with one attached hydrogen (secondary N) is 2. The van der Waals surface area contributed by atoms with E-state index in [1.54, 1.807) is 10.6 Å². The van der Waals surface area contributed by atoms with Crippen LogP contribution in [0.25, 0.3) is 10.9 Å². The highest BCUT2D eigenvalue weighted by atomic mass is 16.3. The smallest absolute Gasteiger partial charge is 0.264 e. The van der Waals surface area contributed by atoms with E-state index in [9.17, 15) is 14.7 Å². The number of aliphatic hydroxyl groups excluding tert-OH is 1. The second-order valence-electron chi connectivity index (χ2n) is 9.32. The number of nitrogens with zero attached hydrogens (tertiary/aromatic N) is 2. The molecule has 0 saturated carbocycles. The number of rotatable bonds is 7. The molecule has 2 aliphatic rings. The third-order valence-electron chi connectivity index (χ3n) is 6.79. The Labute approximate surface area is 183 Å². The van der Waals surface area contributed by atoms with Crippen molar-refractivity contribution in [2.24, 2.45) is 0 Å². The zero-order chi connectivity index (χ0) is 22.1. The van der Waals surface area contributed by atoms with Crippen molar-refractivity contribution in [1.82, 2.24) is 20.1 Å². The number of para-hydroxylation sites is 1. The van der Waals surface area contributed by atoms with Crippen LogP contribution in [0.4, 0.5) is 0 Å². The van der Waals surface area contributed by atoms with Crippen LogP contribution in [0.1, 0.15) is 55.9 Å². The zero-order valence-electron chi connectivity index (χ0n) is 18.7. The predicted octanol–water partition coefficient (Wildman–Crippen LogP) is 1.89. The molecule has 7 heteroatoms. The summed E-state index contributed by atoms with van der Waals surface area (Å²) in [7, 11) is 1.85. The third kappa shape index (κ3) is 4.40. The molecule has 1 aromatic carbocycles. The second-order valence-corrected chi connectivity index (χ2v) is 9.32. The Balaban J connectivity index is 1.51. The van der Waals surface area contributed by atoms with E-state index in [-0.39, 0.29) is 35.2 Å². The molecule has 3 N–H and O–H groups in total. The molecule has 4 atom stereocenters. The number of hydrogen-bond acceptors (Lipinski definition) is 5. The van der Waals surface area contributed by atoms with Gasteiger partial charge in [0.1, 0.15) is 5.56 Å². The number of likely N-dealkylation sites (N-methyl/N-ethyl adjacent to an activating group) is 1. The number of carbonyl (C=O) groups excluding carboxylic acids is 1. The lowest BCUT2D eigenvalue weighted by atomic mass is 9.96. The van der Waals surface area contributed by atoms with Crippen LogP contribution in [-0.2, 0) is 0 Å². The molecule has 7 nitrogen and oxygen atoms in total. The molecule has 0 aliphatic carbocycles. The summed E-state index contributed by atoms with van der Waals surface area (Å²) in [5.74, 6) is -0.279. The number of aliphatic hydroxyl groups is 1. The molecule has 1 amide bonds. The van der Waals surface area contributed by atoms with Gasteiger partial charge in [0, 0.05) is 37.3 Å². The van der Waals surface area contributed by atoms with Crippen LogP contribution in [0.3, 0.4) is 0 Å². The predicted molar refractivity (Wildman–Crippen MR) is 123 cm³/mol. The topological polar surface area (TPSA) is 86.6 Å². The van der Waals surface area contributed by atoms with Gasteiger partial charge >= 0.3 is 0 Å². The molecule has 168 valence electrons. The van der Waals surface area contributed by atoms with Gasteiger partial charge in [-0.15, -0.1) is 0 Å². The van der Waals surface area contributed by atoms with E-state index in [2.05, 4.69) is 15.5 Å². The SMILES string of the molecule is CNC[C@H](O)CN1[C@@H]2CC[C@H]1CC(NC(=O)c1cc3ccccc3n(C(C)C)c1=O)C2. The summed E-state index contributed by atoms with van der Waals surface area (Å²) in [6.45, 7) is 5.18. The monoisotopic (exact) mass is 426 g/mol. The first kappa shape index (κ1) is 22.0. The highest BCUT2D eigenvalue weighted by Gasteiger charge is 2.41. The normalized spacial score (nSPS) is 24.6. The summed E-state index contributed by atoms with van der Waals surface area (Å²) in [5.41, 5.74) is 0.832. The molecule has 2 aliphatic heterocycles. The summed E-state index contributed by atoms with van der Waals surface area (Å²) >= 11 is 0. The summed E-state index contributed by atoms with van der Waals surface area (Å²) in [5, 5.41) is 17.3. The number of carbonyl (C=O) groups is 1. The zero-order valence-corrected chi connectivity index (χ0v) is 18.7. The van der Waals surface area contributed by atoms with Crippen molar-refractivity contribution in [3.05, 3.63) is 46.2 Å². The molecule has 2 saturated heterocycles.